The van der Waals surface area contributed by atoms with E-state index >= 15 is 0 Å². The number of H-pyrrole nitrogens is 1. The number of rotatable bonds is 5. The number of hydrogen-bond donors (Lipinski definition) is 3. The molecule has 2 aromatic rings. The predicted octanol–water partition coefficient (Wildman–Crippen LogP) is 2.93. The molecule has 2 rings (SSSR count). The number of hydrogen-bond acceptors (Lipinski definition) is 4. The van der Waals surface area contributed by atoms with Crippen LogP contribution in [0.3, 0.4) is 0 Å². The van der Waals surface area contributed by atoms with E-state index in [-0.39, 0.29) is 11.7 Å². The molecular weight excluding hydrogens is 294 g/mol. The summed E-state index contributed by atoms with van der Waals surface area (Å²) >= 11 is 0. The highest BCUT2D eigenvalue weighted by atomic mass is 16.5. The molecule has 0 atom stereocenters. The Balaban J connectivity index is 2.33. The average Bonchev–Trinajstić information content (AvgIpc) is 2.84. The van der Waals surface area contributed by atoms with Crippen LogP contribution in [0.1, 0.15) is 46.0 Å². The molecule has 0 aliphatic carbocycles. The van der Waals surface area contributed by atoms with Gasteiger partial charge in [0.1, 0.15) is 11.4 Å². The van der Waals surface area contributed by atoms with E-state index in [2.05, 4.69) is 10.3 Å². The van der Waals surface area contributed by atoms with Crippen molar-refractivity contribution in [1.82, 2.24) is 4.98 Å². The molecule has 0 fully saturated rings. The largest absolute Gasteiger partial charge is 0.495 e. The summed E-state index contributed by atoms with van der Waals surface area (Å²) in [5, 5.41) is 2.79. The number of aromatic nitrogens is 1. The molecule has 4 N–H and O–H groups in total. The van der Waals surface area contributed by atoms with Crippen LogP contribution in [0, 0.1) is 6.92 Å². The number of carbonyl (C=O) groups excluding carboxylic acids is 2. The molecule has 0 saturated heterocycles. The molecule has 0 spiro atoms. The summed E-state index contributed by atoms with van der Waals surface area (Å²) in [6, 6.07) is 5.02. The molecule has 0 radical (unpaired) electrons. The van der Waals surface area contributed by atoms with E-state index < -0.39 is 0 Å². The van der Waals surface area contributed by atoms with Crippen LogP contribution < -0.4 is 15.8 Å². The van der Waals surface area contributed by atoms with Crippen LogP contribution in [0.5, 0.6) is 5.75 Å². The topological polar surface area (TPSA) is 97.2 Å². The van der Waals surface area contributed by atoms with Gasteiger partial charge in [0.05, 0.1) is 12.8 Å². The fourth-order valence-electron chi connectivity index (χ4n) is 2.71. The normalized spacial score (nSPS) is 10.4. The molecule has 1 amide bonds. The van der Waals surface area contributed by atoms with Gasteiger partial charge < -0.3 is 20.8 Å². The van der Waals surface area contributed by atoms with Crippen molar-refractivity contribution >= 4 is 23.1 Å². The molecule has 6 heteroatoms. The van der Waals surface area contributed by atoms with E-state index in [0.717, 1.165) is 5.56 Å². The van der Waals surface area contributed by atoms with E-state index in [0.29, 0.717) is 40.5 Å². The van der Waals surface area contributed by atoms with Crippen molar-refractivity contribution in [2.45, 2.75) is 27.2 Å². The van der Waals surface area contributed by atoms with E-state index in [4.69, 9.17) is 10.5 Å². The summed E-state index contributed by atoms with van der Waals surface area (Å²) in [5.74, 6) is 0.192. The molecule has 6 nitrogen and oxygen atoms in total. The van der Waals surface area contributed by atoms with Crippen molar-refractivity contribution in [3.63, 3.8) is 0 Å². The van der Waals surface area contributed by atoms with Crippen LogP contribution in [0.2, 0.25) is 0 Å². The van der Waals surface area contributed by atoms with Crippen LogP contribution in [-0.4, -0.2) is 23.8 Å². The molecule has 0 bridgehead atoms. The Morgan fingerprint density at radius 2 is 2.04 bits per heavy atom. The summed E-state index contributed by atoms with van der Waals surface area (Å²) < 4.78 is 5.09. The maximum absolute atomic E-state index is 12.5. The quantitative estimate of drug-likeness (QED) is 0.583. The molecule has 122 valence electrons. The fourth-order valence-corrected chi connectivity index (χ4v) is 2.71. The molecule has 1 aromatic heterocycles. The number of benzene rings is 1. The number of nitrogens with one attached hydrogen (secondary N) is 2. The van der Waals surface area contributed by atoms with E-state index in [1.165, 1.54) is 14.0 Å². The van der Waals surface area contributed by atoms with Gasteiger partial charge in [0.25, 0.3) is 5.91 Å². The molecule has 23 heavy (non-hydrogen) atoms. The monoisotopic (exact) mass is 315 g/mol. The van der Waals surface area contributed by atoms with E-state index in [9.17, 15) is 9.59 Å². The lowest BCUT2D eigenvalue weighted by Crippen LogP contribution is -2.15. The molecule has 0 saturated carbocycles. The van der Waals surface area contributed by atoms with Crippen molar-refractivity contribution in [1.29, 1.82) is 0 Å². The fraction of sp³-hybridized carbons (Fsp3) is 0.294. The third-order valence-corrected chi connectivity index (χ3v) is 3.71. The van der Waals surface area contributed by atoms with Gasteiger partial charge in [-0.15, -0.1) is 0 Å². The second-order valence-corrected chi connectivity index (χ2v) is 5.30. The number of aryl methyl sites for hydroxylation is 1. The summed E-state index contributed by atoms with van der Waals surface area (Å²) in [4.78, 5) is 27.3. The van der Waals surface area contributed by atoms with Gasteiger partial charge in [-0.1, -0.05) is 6.92 Å². The zero-order chi connectivity index (χ0) is 17.1. The van der Waals surface area contributed by atoms with Gasteiger partial charge in [-0.3, -0.25) is 9.59 Å². The van der Waals surface area contributed by atoms with Crippen LogP contribution in [0.25, 0.3) is 0 Å². The lowest BCUT2D eigenvalue weighted by molar-refractivity contribution is 0.101. The van der Waals surface area contributed by atoms with Crippen LogP contribution in [-0.2, 0) is 6.42 Å². The number of methoxy groups -OCH3 is 1. The summed E-state index contributed by atoms with van der Waals surface area (Å²) in [5.41, 5.74) is 9.27. The minimum absolute atomic E-state index is 0.0525. The molecule has 1 heterocycles. The Labute approximate surface area is 135 Å². The smallest absolute Gasteiger partial charge is 0.272 e. The molecular formula is C17H21N3O3. The third kappa shape index (κ3) is 3.21. The van der Waals surface area contributed by atoms with E-state index in [1.54, 1.807) is 25.1 Å². The molecule has 0 unspecified atom stereocenters. The van der Waals surface area contributed by atoms with Gasteiger partial charge in [-0.2, -0.15) is 0 Å². The lowest BCUT2D eigenvalue weighted by Gasteiger charge is -2.09. The number of nitrogens with two attached hydrogens (primary N) is 1. The number of aromatic amines is 1. The highest BCUT2D eigenvalue weighted by molar-refractivity contribution is 6.07. The Morgan fingerprint density at radius 3 is 2.57 bits per heavy atom. The van der Waals surface area contributed by atoms with Gasteiger partial charge >= 0.3 is 0 Å². The van der Waals surface area contributed by atoms with Crippen LogP contribution in [0.15, 0.2) is 18.2 Å². The predicted molar refractivity (Wildman–Crippen MR) is 90.3 cm³/mol. The zero-order valence-corrected chi connectivity index (χ0v) is 13.7. The second kappa shape index (κ2) is 6.56. The summed E-state index contributed by atoms with van der Waals surface area (Å²) in [6.07, 6.45) is 0.590. The van der Waals surface area contributed by atoms with Crippen molar-refractivity contribution < 1.29 is 14.3 Å². The van der Waals surface area contributed by atoms with Crippen LogP contribution >= 0.6 is 0 Å². The number of amides is 1. The molecule has 1 aromatic carbocycles. The first-order valence-electron chi connectivity index (χ1n) is 7.36. The average molecular weight is 315 g/mol. The Bertz CT molecular complexity index is 763. The zero-order valence-electron chi connectivity index (χ0n) is 13.7. The molecule has 0 aliphatic heterocycles. The Kier molecular flexibility index (Phi) is 4.74. The first-order chi connectivity index (χ1) is 10.9. The highest BCUT2D eigenvalue weighted by Gasteiger charge is 2.21. The van der Waals surface area contributed by atoms with Crippen LogP contribution in [0.4, 0.5) is 11.4 Å². The number of nitrogen functional groups attached to an aromatic ring is 1. The second-order valence-electron chi connectivity index (χ2n) is 5.30. The van der Waals surface area contributed by atoms with Gasteiger partial charge in [-0.25, -0.2) is 0 Å². The van der Waals surface area contributed by atoms with Crippen molar-refractivity contribution in [3.05, 3.63) is 40.7 Å². The number of carbonyl (C=O) groups is 2. The summed E-state index contributed by atoms with van der Waals surface area (Å²) in [6.45, 7) is 5.20. The third-order valence-electron chi connectivity index (χ3n) is 3.71. The van der Waals surface area contributed by atoms with Gasteiger partial charge in [0.2, 0.25) is 0 Å². The SMILES string of the molecule is CCc1c(C(=O)Nc2ccc(OC)c(N)c2)[nH]c(C)c1C(C)=O. The van der Waals surface area contributed by atoms with Crippen molar-refractivity contribution in [3.8, 4) is 5.75 Å². The molecule has 0 aliphatic rings. The number of Topliss-reactive ketones (excluding diaryl/α,β-unsaturated/α-hetero) is 1. The van der Waals surface area contributed by atoms with Gasteiger partial charge in [-0.05, 0) is 44.0 Å². The summed E-state index contributed by atoms with van der Waals surface area (Å²) in [7, 11) is 1.53. The van der Waals surface area contributed by atoms with Crippen molar-refractivity contribution in [2.75, 3.05) is 18.2 Å². The standard InChI is InChI=1S/C17H21N3O3/c1-5-12-15(10(3)21)9(2)19-16(12)17(22)20-11-6-7-14(23-4)13(18)8-11/h6-8,19H,5,18H2,1-4H3,(H,20,22). The van der Waals surface area contributed by atoms with Crippen molar-refractivity contribution in [2.24, 2.45) is 0 Å². The minimum Gasteiger partial charge on any atom is -0.495 e. The number of ketones is 1. The first kappa shape index (κ1) is 16.6. The maximum Gasteiger partial charge on any atom is 0.272 e. The van der Waals surface area contributed by atoms with E-state index in [1.807, 2.05) is 6.92 Å². The van der Waals surface area contributed by atoms with Gasteiger partial charge in [0, 0.05) is 16.9 Å². The number of anilines is 2. The minimum atomic E-state index is -0.304. The lowest BCUT2D eigenvalue weighted by atomic mass is 10.0. The maximum atomic E-state index is 12.5. The first-order valence-corrected chi connectivity index (χ1v) is 7.36. The Morgan fingerprint density at radius 1 is 1.35 bits per heavy atom. The number of ether oxygens (including phenoxy) is 1. The Hall–Kier alpha value is -2.76. The van der Waals surface area contributed by atoms with Gasteiger partial charge in [0.15, 0.2) is 5.78 Å². The highest BCUT2D eigenvalue weighted by Crippen LogP contribution is 2.26.